The fourth-order valence-corrected chi connectivity index (χ4v) is 3.49. The molecule has 7 heteroatoms. The molecular formula is C14H23N3O3S. The number of aryl methyl sites for hydroxylation is 1. The first-order valence-corrected chi connectivity index (χ1v) is 8.59. The Morgan fingerprint density at radius 2 is 1.90 bits per heavy atom. The van der Waals surface area contributed by atoms with Crippen molar-refractivity contribution in [1.29, 1.82) is 0 Å². The van der Waals surface area contributed by atoms with Crippen LogP contribution < -0.4 is 14.8 Å². The second kappa shape index (κ2) is 7.22. The number of benzene rings is 1. The van der Waals surface area contributed by atoms with Gasteiger partial charge in [0.1, 0.15) is 12.4 Å². The van der Waals surface area contributed by atoms with E-state index in [2.05, 4.69) is 10.0 Å². The van der Waals surface area contributed by atoms with Gasteiger partial charge in [0.15, 0.2) is 0 Å². The first kappa shape index (κ1) is 16.2. The molecule has 0 amide bonds. The number of piperazine rings is 1. The van der Waals surface area contributed by atoms with Crippen molar-refractivity contribution in [2.45, 2.75) is 19.9 Å². The Bertz CT molecular complexity index is 539. The second-order valence-electron chi connectivity index (χ2n) is 5.30. The molecule has 1 aliphatic rings. The Labute approximate surface area is 126 Å². The zero-order valence-corrected chi connectivity index (χ0v) is 13.3. The van der Waals surface area contributed by atoms with E-state index < -0.39 is 10.2 Å². The highest BCUT2D eigenvalue weighted by Crippen LogP contribution is 2.11. The summed E-state index contributed by atoms with van der Waals surface area (Å²) in [7, 11) is -3.43. The maximum absolute atomic E-state index is 12.2. The quantitative estimate of drug-likeness (QED) is 0.802. The molecule has 1 saturated heterocycles. The number of ether oxygens (including phenoxy) is 1. The van der Waals surface area contributed by atoms with E-state index in [1.807, 2.05) is 31.2 Å². The lowest BCUT2D eigenvalue weighted by atomic mass is 10.2. The lowest BCUT2D eigenvalue weighted by Gasteiger charge is -2.28. The standard InChI is InChI=1S/C14H23N3O3S/c1-12-3-5-14(6-4-12)20-11-13(2)16-21(18,19)17-9-7-15-8-10-17/h3-6,13,15-16H,7-11H2,1-2H3. The summed E-state index contributed by atoms with van der Waals surface area (Å²) in [6, 6.07) is 7.40. The van der Waals surface area contributed by atoms with Crippen LogP contribution in [0.2, 0.25) is 0 Å². The third-order valence-corrected chi connectivity index (χ3v) is 5.03. The highest BCUT2D eigenvalue weighted by molar-refractivity contribution is 7.87. The van der Waals surface area contributed by atoms with Crippen LogP contribution in [-0.2, 0) is 10.2 Å². The summed E-state index contributed by atoms with van der Waals surface area (Å²) in [5.41, 5.74) is 1.16. The van der Waals surface area contributed by atoms with Crippen molar-refractivity contribution < 1.29 is 13.2 Å². The molecule has 1 aromatic carbocycles. The van der Waals surface area contributed by atoms with Crippen LogP contribution in [0.15, 0.2) is 24.3 Å². The highest BCUT2D eigenvalue weighted by atomic mass is 32.2. The van der Waals surface area contributed by atoms with Crippen molar-refractivity contribution in [1.82, 2.24) is 14.3 Å². The minimum atomic E-state index is -3.43. The molecule has 0 aliphatic carbocycles. The van der Waals surface area contributed by atoms with Crippen LogP contribution >= 0.6 is 0 Å². The molecule has 1 aromatic rings. The Hall–Kier alpha value is -1.15. The molecule has 2 N–H and O–H groups in total. The van der Waals surface area contributed by atoms with E-state index in [-0.39, 0.29) is 6.04 Å². The van der Waals surface area contributed by atoms with Gasteiger partial charge in [-0.25, -0.2) is 0 Å². The van der Waals surface area contributed by atoms with E-state index in [1.165, 1.54) is 4.31 Å². The van der Waals surface area contributed by atoms with Crippen LogP contribution in [0.3, 0.4) is 0 Å². The first-order chi connectivity index (χ1) is 9.97. The van der Waals surface area contributed by atoms with Gasteiger partial charge in [-0.3, -0.25) is 0 Å². The summed E-state index contributed by atoms with van der Waals surface area (Å²) in [6.45, 7) is 6.49. The summed E-state index contributed by atoms with van der Waals surface area (Å²) in [6.07, 6.45) is 0. The Kier molecular flexibility index (Phi) is 5.58. The molecule has 1 atom stereocenters. The van der Waals surface area contributed by atoms with Crippen molar-refractivity contribution in [3.8, 4) is 5.75 Å². The van der Waals surface area contributed by atoms with Gasteiger partial charge in [0.2, 0.25) is 0 Å². The van der Waals surface area contributed by atoms with Crippen molar-refractivity contribution in [3.63, 3.8) is 0 Å². The van der Waals surface area contributed by atoms with Gasteiger partial charge in [-0.1, -0.05) is 17.7 Å². The molecule has 0 bridgehead atoms. The fourth-order valence-electron chi connectivity index (χ4n) is 2.10. The number of nitrogens with one attached hydrogen (secondary N) is 2. The van der Waals surface area contributed by atoms with Gasteiger partial charge < -0.3 is 10.1 Å². The Morgan fingerprint density at radius 3 is 2.52 bits per heavy atom. The van der Waals surface area contributed by atoms with Gasteiger partial charge in [-0.05, 0) is 26.0 Å². The molecule has 1 unspecified atom stereocenters. The van der Waals surface area contributed by atoms with E-state index in [9.17, 15) is 8.42 Å². The number of hydrogen-bond donors (Lipinski definition) is 2. The predicted molar refractivity (Wildman–Crippen MR) is 82.6 cm³/mol. The van der Waals surface area contributed by atoms with Crippen molar-refractivity contribution in [2.75, 3.05) is 32.8 Å². The molecule has 21 heavy (non-hydrogen) atoms. The molecule has 2 rings (SSSR count). The molecule has 118 valence electrons. The van der Waals surface area contributed by atoms with Gasteiger partial charge in [0.25, 0.3) is 10.2 Å². The maximum Gasteiger partial charge on any atom is 0.279 e. The normalized spacial score (nSPS) is 18.4. The summed E-state index contributed by atoms with van der Waals surface area (Å²) >= 11 is 0. The van der Waals surface area contributed by atoms with Gasteiger partial charge in [-0.15, -0.1) is 0 Å². The number of hydrogen-bond acceptors (Lipinski definition) is 4. The zero-order chi connectivity index (χ0) is 15.3. The minimum Gasteiger partial charge on any atom is -0.492 e. The molecule has 1 heterocycles. The monoisotopic (exact) mass is 313 g/mol. The second-order valence-corrected chi connectivity index (χ2v) is 7.00. The smallest absolute Gasteiger partial charge is 0.279 e. The summed E-state index contributed by atoms with van der Waals surface area (Å²) in [4.78, 5) is 0. The largest absolute Gasteiger partial charge is 0.492 e. The zero-order valence-electron chi connectivity index (χ0n) is 12.5. The van der Waals surface area contributed by atoms with Crippen LogP contribution in [0.1, 0.15) is 12.5 Å². The number of rotatable bonds is 6. The van der Waals surface area contributed by atoms with Crippen LogP contribution in [0.4, 0.5) is 0 Å². The van der Waals surface area contributed by atoms with Crippen LogP contribution in [0, 0.1) is 6.92 Å². The molecule has 1 aliphatic heterocycles. The summed E-state index contributed by atoms with van der Waals surface area (Å²) < 4.78 is 34.1. The van der Waals surface area contributed by atoms with E-state index in [4.69, 9.17) is 4.74 Å². The molecule has 0 saturated carbocycles. The van der Waals surface area contributed by atoms with Crippen molar-refractivity contribution >= 4 is 10.2 Å². The molecule has 6 nitrogen and oxygen atoms in total. The average Bonchev–Trinajstić information content (AvgIpc) is 2.47. The first-order valence-electron chi connectivity index (χ1n) is 7.15. The van der Waals surface area contributed by atoms with Gasteiger partial charge in [-0.2, -0.15) is 17.4 Å². The van der Waals surface area contributed by atoms with E-state index in [0.29, 0.717) is 32.8 Å². The maximum atomic E-state index is 12.2. The number of nitrogens with zero attached hydrogens (tertiary/aromatic N) is 1. The topological polar surface area (TPSA) is 70.7 Å². The van der Waals surface area contributed by atoms with Gasteiger partial charge >= 0.3 is 0 Å². The van der Waals surface area contributed by atoms with E-state index in [1.54, 1.807) is 6.92 Å². The van der Waals surface area contributed by atoms with Crippen LogP contribution in [-0.4, -0.2) is 51.6 Å². The van der Waals surface area contributed by atoms with Crippen molar-refractivity contribution in [2.24, 2.45) is 0 Å². The third kappa shape index (κ3) is 4.96. The average molecular weight is 313 g/mol. The SMILES string of the molecule is Cc1ccc(OCC(C)NS(=O)(=O)N2CCNCC2)cc1. The molecule has 0 radical (unpaired) electrons. The van der Waals surface area contributed by atoms with Crippen molar-refractivity contribution in [3.05, 3.63) is 29.8 Å². The molecular weight excluding hydrogens is 290 g/mol. The summed E-state index contributed by atoms with van der Waals surface area (Å²) in [5, 5.41) is 3.13. The van der Waals surface area contributed by atoms with Gasteiger partial charge in [0.05, 0.1) is 6.04 Å². The predicted octanol–water partition coefficient (Wildman–Crippen LogP) is 0.502. The fraction of sp³-hybridized carbons (Fsp3) is 0.571. The Balaban J connectivity index is 1.83. The third-order valence-electron chi connectivity index (χ3n) is 3.29. The van der Waals surface area contributed by atoms with E-state index >= 15 is 0 Å². The summed E-state index contributed by atoms with van der Waals surface area (Å²) in [5.74, 6) is 0.744. The molecule has 0 spiro atoms. The van der Waals surface area contributed by atoms with E-state index in [0.717, 1.165) is 11.3 Å². The van der Waals surface area contributed by atoms with Crippen LogP contribution in [0.25, 0.3) is 0 Å². The Morgan fingerprint density at radius 1 is 1.29 bits per heavy atom. The minimum absolute atomic E-state index is 0.286. The van der Waals surface area contributed by atoms with Crippen LogP contribution in [0.5, 0.6) is 5.75 Å². The lowest BCUT2D eigenvalue weighted by Crippen LogP contribution is -2.52. The lowest BCUT2D eigenvalue weighted by molar-refractivity contribution is 0.281. The highest BCUT2D eigenvalue weighted by Gasteiger charge is 2.25. The molecule has 1 fully saturated rings. The van der Waals surface area contributed by atoms with Gasteiger partial charge in [0, 0.05) is 26.2 Å². The molecule has 0 aromatic heterocycles.